The van der Waals surface area contributed by atoms with Crippen molar-refractivity contribution in [3.63, 3.8) is 0 Å². The summed E-state index contributed by atoms with van der Waals surface area (Å²) in [6.45, 7) is 0. The van der Waals surface area contributed by atoms with E-state index in [1.165, 1.54) is 19.2 Å². The lowest BCUT2D eigenvalue weighted by Crippen LogP contribution is -2.31. The maximum absolute atomic E-state index is 12.5. The van der Waals surface area contributed by atoms with E-state index < -0.39 is 38.6 Å². The van der Waals surface area contributed by atoms with Crippen molar-refractivity contribution in [3.05, 3.63) is 58.3 Å². The molecule has 0 aliphatic heterocycles. The molecule has 0 atom stereocenters. The monoisotopic (exact) mass is 510 g/mol. The number of aromatic nitrogens is 3. The Morgan fingerprint density at radius 2 is 1.78 bits per heavy atom. The molecule has 1 heterocycles. The summed E-state index contributed by atoms with van der Waals surface area (Å²) in [5.74, 6) is -1.50. The molecule has 170 valence electrons. The molecule has 1 N–H and O–H groups in total. The van der Waals surface area contributed by atoms with Gasteiger partial charge >= 0.3 is 6.36 Å². The molecule has 0 saturated heterocycles. The van der Waals surface area contributed by atoms with Crippen LogP contribution in [0.25, 0.3) is 5.69 Å². The molecule has 15 heteroatoms. The average Bonchev–Trinajstić information content (AvgIpc) is 3.17. The predicted molar refractivity (Wildman–Crippen MR) is 106 cm³/mol. The maximum atomic E-state index is 12.5. The van der Waals surface area contributed by atoms with Gasteiger partial charge in [0.2, 0.25) is 0 Å². The number of sulfonamides is 1. The van der Waals surface area contributed by atoms with Gasteiger partial charge in [0.1, 0.15) is 16.4 Å². The molecule has 3 aromatic rings. The smallest absolute Gasteiger partial charge is 0.497 e. The Balaban J connectivity index is 1.82. The molecule has 0 aliphatic rings. The third-order valence-corrected chi connectivity index (χ3v) is 5.90. The van der Waals surface area contributed by atoms with E-state index in [0.717, 1.165) is 35.1 Å². The van der Waals surface area contributed by atoms with Gasteiger partial charge in [0.05, 0.1) is 29.0 Å². The van der Waals surface area contributed by atoms with E-state index in [0.29, 0.717) is 0 Å². The van der Waals surface area contributed by atoms with Gasteiger partial charge in [0, 0.05) is 12.1 Å². The van der Waals surface area contributed by atoms with Crippen molar-refractivity contribution in [1.82, 2.24) is 19.7 Å². The van der Waals surface area contributed by atoms with Crippen molar-refractivity contribution in [3.8, 4) is 17.2 Å². The summed E-state index contributed by atoms with van der Waals surface area (Å²) in [7, 11) is -3.07. The fourth-order valence-electron chi connectivity index (χ4n) is 2.40. The zero-order valence-corrected chi connectivity index (χ0v) is 18.1. The molecule has 1 aromatic heterocycles. The predicted octanol–water partition coefficient (Wildman–Crippen LogP) is 3.60. The zero-order chi connectivity index (χ0) is 23.7. The maximum Gasteiger partial charge on any atom is 0.573 e. The second-order valence-electron chi connectivity index (χ2n) is 5.94. The van der Waals surface area contributed by atoms with Crippen molar-refractivity contribution < 1.29 is 35.9 Å². The SMILES string of the molecule is COc1ccc(Cl)c(S(=O)(=O)NC(=O)c2cn(-c3ccc(OC(F)(F)F)cc3Cl)nn2)c1. The molecule has 1 amide bonds. The van der Waals surface area contributed by atoms with Gasteiger partial charge in [0.15, 0.2) is 5.69 Å². The van der Waals surface area contributed by atoms with E-state index >= 15 is 0 Å². The van der Waals surface area contributed by atoms with Crippen LogP contribution in [0.4, 0.5) is 13.2 Å². The summed E-state index contributed by atoms with van der Waals surface area (Å²) in [6.07, 6.45) is -3.87. The second-order valence-corrected chi connectivity index (χ2v) is 8.41. The lowest BCUT2D eigenvalue weighted by molar-refractivity contribution is -0.274. The lowest BCUT2D eigenvalue weighted by atomic mass is 10.3. The van der Waals surface area contributed by atoms with Crippen molar-refractivity contribution in [2.24, 2.45) is 0 Å². The zero-order valence-electron chi connectivity index (χ0n) is 15.7. The first-order valence-corrected chi connectivity index (χ1v) is 10.5. The third-order valence-electron chi connectivity index (χ3n) is 3.78. The van der Waals surface area contributed by atoms with E-state index in [9.17, 15) is 26.4 Å². The molecule has 2 aromatic carbocycles. The van der Waals surface area contributed by atoms with Crippen LogP contribution in [0.3, 0.4) is 0 Å². The van der Waals surface area contributed by atoms with Crippen LogP contribution in [-0.4, -0.2) is 42.8 Å². The van der Waals surface area contributed by atoms with Crippen LogP contribution in [0.1, 0.15) is 10.5 Å². The first kappa shape index (κ1) is 23.6. The highest BCUT2D eigenvalue weighted by atomic mass is 35.5. The quantitative estimate of drug-likeness (QED) is 0.538. The highest BCUT2D eigenvalue weighted by molar-refractivity contribution is 7.90. The van der Waals surface area contributed by atoms with Gasteiger partial charge < -0.3 is 9.47 Å². The molecule has 0 saturated carbocycles. The second kappa shape index (κ2) is 8.84. The number of rotatable bonds is 6. The summed E-state index contributed by atoms with van der Waals surface area (Å²) in [5.41, 5.74) is -0.356. The number of carbonyl (C=O) groups is 1. The average molecular weight is 511 g/mol. The minimum absolute atomic E-state index is 0.0615. The summed E-state index contributed by atoms with van der Waals surface area (Å²) in [5, 5.41) is 6.85. The van der Waals surface area contributed by atoms with Crippen molar-refractivity contribution in [2.75, 3.05) is 7.11 Å². The Kier molecular flexibility index (Phi) is 6.53. The summed E-state index contributed by atoms with van der Waals surface area (Å²) >= 11 is 11.9. The number of ether oxygens (including phenoxy) is 2. The largest absolute Gasteiger partial charge is 0.573 e. The van der Waals surface area contributed by atoms with Gasteiger partial charge in [-0.3, -0.25) is 4.79 Å². The van der Waals surface area contributed by atoms with E-state index in [1.807, 2.05) is 0 Å². The number of hydrogen-bond donors (Lipinski definition) is 1. The number of methoxy groups -OCH3 is 1. The number of alkyl halides is 3. The summed E-state index contributed by atoms with van der Waals surface area (Å²) in [6, 6.07) is 6.85. The molecule has 0 aliphatic carbocycles. The van der Waals surface area contributed by atoms with Gasteiger partial charge in [-0.25, -0.2) is 17.8 Å². The molecular weight excluding hydrogens is 500 g/mol. The van der Waals surface area contributed by atoms with E-state index in [4.69, 9.17) is 27.9 Å². The number of hydrogen-bond acceptors (Lipinski definition) is 7. The number of carbonyl (C=O) groups excluding carboxylic acids is 1. The molecular formula is C17H11Cl2F3N4O5S. The number of nitrogens with zero attached hydrogens (tertiary/aromatic N) is 3. The minimum atomic E-state index is -4.90. The van der Waals surface area contributed by atoms with Crippen LogP contribution in [0.15, 0.2) is 47.5 Å². The van der Waals surface area contributed by atoms with E-state index in [-0.39, 0.29) is 21.5 Å². The Bertz CT molecular complexity index is 1280. The van der Waals surface area contributed by atoms with Gasteiger partial charge in [-0.05, 0) is 24.3 Å². The fourth-order valence-corrected chi connectivity index (χ4v) is 4.14. The minimum Gasteiger partial charge on any atom is -0.497 e. The molecule has 32 heavy (non-hydrogen) atoms. The van der Waals surface area contributed by atoms with Crippen molar-refractivity contribution in [1.29, 1.82) is 0 Å². The molecule has 3 rings (SSSR count). The Morgan fingerprint density at radius 1 is 1.09 bits per heavy atom. The van der Waals surface area contributed by atoms with Crippen LogP contribution < -0.4 is 14.2 Å². The summed E-state index contributed by atoms with van der Waals surface area (Å²) < 4.78 is 73.5. The number of benzene rings is 2. The number of amides is 1. The van der Waals surface area contributed by atoms with Crippen LogP contribution in [0, 0.1) is 0 Å². The molecule has 9 nitrogen and oxygen atoms in total. The number of halogens is 5. The first-order valence-electron chi connectivity index (χ1n) is 8.28. The van der Waals surface area contributed by atoms with Crippen LogP contribution in [-0.2, 0) is 10.0 Å². The topological polar surface area (TPSA) is 112 Å². The Labute approximate surface area is 188 Å². The molecule has 0 fully saturated rings. The fraction of sp³-hybridized carbons (Fsp3) is 0.118. The molecule has 0 unspecified atom stereocenters. The highest BCUT2D eigenvalue weighted by Gasteiger charge is 2.31. The standard InChI is InChI=1S/C17H11Cl2F3N4O5S/c1-30-9-2-4-11(18)15(7-9)32(28,29)24-16(27)13-8-26(25-23-13)14-5-3-10(6-12(14)19)31-17(20,21)22/h2-8H,1H3,(H,24,27). The Hall–Kier alpha value is -3.03. The molecule has 0 spiro atoms. The van der Waals surface area contributed by atoms with Gasteiger partial charge in [-0.15, -0.1) is 18.3 Å². The number of nitrogens with one attached hydrogen (secondary N) is 1. The molecule has 0 radical (unpaired) electrons. The van der Waals surface area contributed by atoms with Crippen LogP contribution >= 0.6 is 23.2 Å². The normalized spacial score (nSPS) is 11.8. The Morgan fingerprint density at radius 3 is 2.41 bits per heavy atom. The molecule has 0 bridgehead atoms. The van der Waals surface area contributed by atoms with Gasteiger partial charge in [-0.1, -0.05) is 28.4 Å². The van der Waals surface area contributed by atoms with Gasteiger partial charge in [0.25, 0.3) is 15.9 Å². The van der Waals surface area contributed by atoms with Gasteiger partial charge in [-0.2, -0.15) is 0 Å². The lowest BCUT2D eigenvalue weighted by Gasteiger charge is -2.10. The van der Waals surface area contributed by atoms with Crippen LogP contribution in [0.2, 0.25) is 10.0 Å². The highest BCUT2D eigenvalue weighted by Crippen LogP contribution is 2.29. The summed E-state index contributed by atoms with van der Waals surface area (Å²) in [4.78, 5) is 12.0. The van der Waals surface area contributed by atoms with Crippen LogP contribution in [0.5, 0.6) is 11.5 Å². The first-order chi connectivity index (χ1) is 14.9. The third kappa shape index (κ3) is 5.41. The van der Waals surface area contributed by atoms with Crippen molar-refractivity contribution in [2.45, 2.75) is 11.3 Å². The van der Waals surface area contributed by atoms with E-state index in [2.05, 4.69) is 15.0 Å². The van der Waals surface area contributed by atoms with Crippen molar-refractivity contribution >= 4 is 39.1 Å². The van der Waals surface area contributed by atoms with E-state index in [1.54, 1.807) is 4.72 Å².